The molecule has 1 aliphatic heterocycles. The molecule has 0 spiro atoms. The van der Waals surface area contributed by atoms with Crippen LogP contribution < -0.4 is 5.32 Å². The Hall–Kier alpha value is -3.84. The van der Waals surface area contributed by atoms with Crippen LogP contribution >= 0.6 is 12.2 Å². The second kappa shape index (κ2) is 9.43. The molecule has 5 rings (SSSR count). The minimum atomic E-state index is -0.313. The van der Waals surface area contributed by atoms with Gasteiger partial charge in [0.05, 0.1) is 11.6 Å². The van der Waals surface area contributed by atoms with E-state index in [4.69, 9.17) is 21.7 Å². The van der Waals surface area contributed by atoms with E-state index in [2.05, 4.69) is 59.6 Å². The summed E-state index contributed by atoms with van der Waals surface area (Å²) < 4.78 is 19.2. The van der Waals surface area contributed by atoms with Gasteiger partial charge in [0, 0.05) is 17.8 Å². The summed E-state index contributed by atoms with van der Waals surface area (Å²) in [6, 6.07) is 22.3. The topological polar surface area (TPSA) is 54.2 Å². The lowest BCUT2D eigenvalue weighted by molar-refractivity contribution is 0.396. The van der Waals surface area contributed by atoms with Gasteiger partial charge in [-0.1, -0.05) is 53.7 Å². The first kappa shape index (κ1) is 22.9. The largest absolute Gasteiger partial charge is 0.351 e. The molecule has 0 fully saturated rings. The van der Waals surface area contributed by atoms with E-state index in [0.717, 1.165) is 22.4 Å². The molecule has 35 heavy (non-hydrogen) atoms. The van der Waals surface area contributed by atoms with Crippen molar-refractivity contribution in [3.63, 3.8) is 0 Å². The van der Waals surface area contributed by atoms with Gasteiger partial charge >= 0.3 is 0 Å². The van der Waals surface area contributed by atoms with Gasteiger partial charge in [-0.3, -0.25) is 0 Å². The number of aromatic nitrogens is 2. The Morgan fingerprint density at radius 1 is 0.971 bits per heavy atom. The standard InChI is InChI=1S/C28H25FN4OS/c1-17-9-10-22(15-18(17)2)25-24(27-31-26(32-34-27)21-11-13-23(29)14-12-21)19(3)33(28(35)30-25)16-20-7-5-4-6-8-20/h4-15,25H,16H2,1-3H3,(H,30,35). The maximum Gasteiger partial charge on any atom is 0.258 e. The highest BCUT2D eigenvalue weighted by Crippen LogP contribution is 2.38. The number of nitrogens with zero attached hydrogens (tertiary/aromatic N) is 3. The lowest BCUT2D eigenvalue weighted by Gasteiger charge is -2.37. The summed E-state index contributed by atoms with van der Waals surface area (Å²) in [6.07, 6.45) is 0. The van der Waals surface area contributed by atoms with E-state index in [9.17, 15) is 4.39 Å². The third-order valence-electron chi connectivity index (χ3n) is 6.40. The van der Waals surface area contributed by atoms with E-state index < -0.39 is 0 Å². The van der Waals surface area contributed by atoms with Crippen molar-refractivity contribution in [3.05, 3.63) is 112 Å². The number of aryl methyl sites for hydroxylation is 2. The molecule has 3 aromatic carbocycles. The Labute approximate surface area is 209 Å². The predicted molar refractivity (Wildman–Crippen MR) is 139 cm³/mol. The summed E-state index contributed by atoms with van der Waals surface area (Å²) >= 11 is 5.81. The third kappa shape index (κ3) is 4.59. The molecule has 0 aliphatic carbocycles. The molecule has 1 N–H and O–H groups in total. The number of benzene rings is 3. The molecule has 1 aliphatic rings. The van der Waals surface area contributed by atoms with Crippen molar-refractivity contribution in [1.29, 1.82) is 0 Å². The highest BCUT2D eigenvalue weighted by Gasteiger charge is 2.34. The predicted octanol–water partition coefficient (Wildman–Crippen LogP) is 6.36. The van der Waals surface area contributed by atoms with Crippen LogP contribution in [0.4, 0.5) is 4.39 Å². The summed E-state index contributed by atoms with van der Waals surface area (Å²) in [4.78, 5) is 6.75. The van der Waals surface area contributed by atoms with Gasteiger partial charge in [0.15, 0.2) is 5.11 Å². The first-order valence-electron chi connectivity index (χ1n) is 11.4. The lowest BCUT2D eigenvalue weighted by Crippen LogP contribution is -2.45. The van der Waals surface area contributed by atoms with Crippen LogP contribution in [0.1, 0.15) is 41.1 Å². The highest BCUT2D eigenvalue weighted by atomic mass is 32.1. The first-order valence-corrected chi connectivity index (χ1v) is 11.8. The summed E-state index contributed by atoms with van der Waals surface area (Å²) in [5.41, 5.74) is 7.09. The van der Waals surface area contributed by atoms with Crippen LogP contribution in [0.5, 0.6) is 0 Å². The molecule has 0 saturated heterocycles. The highest BCUT2D eigenvalue weighted by molar-refractivity contribution is 7.80. The molecule has 0 amide bonds. The van der Waals surface area contributed by atoms with Crippen LogP contribution in [0.2, 0.25) is 0 Å². The van der Waals surface area contributed by atoms with Crippen LogP contribution in [0.25, 0.3) is 17.0 Å². The maximum absolute atomic E-state index is 13.4. The summed E-state index contributed by atoms with van der Waals surface area (Å²) in [7, 11) is 0. The molecule has 0 bridgehead atoms. The number of thiocarbonyl (C=S) groups is 1. The quantitative estimate of drug-likeness (QED) is 0.333. The second-order valence-electron chi connectivity index (χ2n) is 8.73. The summed E-state index contributed by atoms with van der Waals surface area (Å²) in [5.74, 6) is 0.493. The smallest absolute Gasteiger partial charge is 0.258 e. The SMILES string of the molecule is CC1=C(c2nc(-c3ccc(F)cc3)no2)C(c2ccc(C)c(C)c2)NC(=S)N1Cc1ccccc1. The minimum Gasteiger partial charge on any atom is -0.351 e. The van der Waals surface area contributed by atoms with Gasteiger partial charge in [-0.15, -0.1) is 0 Å². The van der Waals surface area contributed by atoms with Crippen LogP contribution in [0.3, 0.4) is 0 Å². The summed E-state index contributed by atoms with van der Waals surface area (Å²) in [6.45, 7) is 6.83. The van der Waals surface area contributed by atoms with E-state index >= 15 is 0 Å². The molecular formula is C28H25FN4OS. The van der Waals surface area contributed by atoms with Crippen LogP contribution in [-0.2, 0) is 6.54 Å². The van der Waals surface area contributed by atoms with Gasteiger partial charge in [-0.05, 0) is 79.5 Å². The van der Waals surface area contributed by atoms with Crippen LogP contribution in [0.15, 0.2) is 83.0 Å². The Morgan fingerprint density at radius 3 is 2.43 bits per heavy atom. The van der Waals surface area contributed by atoms with Crippen LogP contribution in [-0.4, -0.2) is 20.2 Å². The fourth-order valence-corrected chi connectivity index (χ4v) is 4.58. The monoisotopic (exact) mass is 484 g/mol. The van der Waals surface area contributed by atoms with E-state index in [1.54, 1.807) is 12.1 Å². The van der Waals surface area contributed by atoms with E-state index in [0.29, 0.717) is 28.9 Å². The molecule has 1 atom stereocenters. The van der Waals surface area contributed by atoms with Crippen molar-refractivity contribution in [2.24, 2.45) is 0 Å². The molecule has 0 radical (unpaired) electrons. The zero-order chi connectivity index (χ0) is 24.5. The second-order valence-corrected chi connectivity index (χ2v) is 9.11. The van der Waals surface area contributed by atoms with Gasteiger partial charge in [-0.2, -0.15) is 4.98 Å². The van der Waals surface area contributed by atoms with Gasteiger partial charge in [-0.25, -0.2) is 4.39 Å². The Balaban J connectivity index is 1.61. The molecular weight excluding hydrogens is 459 g/mol. The van der Waals surface area contributed by atoms with Crippen molar-refractivity contribution in [2.45, 2.75) is 33.4 Å². The lowest BCUT2D eigenvalue weighted by atomic mass is 9.92. The molecule has 4 aromatic rings. The fourth-order valence-electron chi connectivity index (χ4n) is 4.26. The number of hydrogen-bond acceptors (Lipinski definition) is 4. The zero-order valence-electron chi connectivity index (χ0n) is 19.7. The number of rotatable bonds is 5. The van der Waals surface area contributed by atoms with Crippen molar-refractivity contribution in [3.8, 4) is 11.4 Å². The maximum atomic E-state index is 13.4. The molecule has 2 heterocycles. The number of halogens is 1. The molecule has 7 heteroatoms. The fraction of sp³-hybridized carbons (Fsp3) is 0.179. The number of hydrogen-bond donors (Lipinski definition) is 1. The Morgan fingerprint density at radius 2 is 1.71 bits per heavy atom. The Kier molecular flexibility index (Phi) is 6.17. The van der Waals surface area contributed by atoms with Crippen LogP contribution in [0, 0.1) is 19.7 Å². The average Bonchev–Trinajstić information content (AvgIpc) is 3.34. The third-order valence-corrected chi connectivity index (χ3v) is 6.74. The average molecular weight is 485 g/mol. The zero-order valence-corrected chi connectivity index (χ0v) is 20.6. The minimum absolute atomic E-state index is 0.254. The van der Waals surface area contributed by atoms with Crippen molar-refractivity contribution < 1.29 is 8.91 Å². The molecule has 1 unspecified atom stereocenters. The van der Waals surface area contributed by atoms with Crippen molar-refractivity contribution in [1.82, 2.24) is 20.4 Å². The molecule has 0 saturated carbocycles. The van der Waals surface area contributed by atoms with E-state index in [1.807, 2.05) is 25.1 Å². The molecule has 176 valence electrons. The number of nitrogens with one attached hydrogen (secondary N) is 1. The van der Waals surface area contributed by atoms with Gasteiger partial charge < -0.3 is 14.7 Å². The van der Waals surface area contributed by atoms with Gasteiger partial charge in [0.1, 0.15) is 5.82 Å². The molecule has 5 nitrogen and oxygen atoms in total. The Bertz CT molecular complexity index is 1410. The van der Waals surface area contributed by atoms with E-state index in [-0.39, 0.29) is 11.9 Å². The number of allylic oxidation sites excluding steroid dienone is 1. The van der Waals surface area contributed by atoms with Gasteiger partial charge in [0.2, 0.25) is 5.82 Å². The van der Waals surface area contributed by atoms with Gasteiger partial charge in [0.25, 0.3) is 5.89 Å². The van der Waals surface area contributed by atoms with Crippen molar-refractivity contribution in [2.75, 3.05) is 0 Å². The normalized spacial score (nSPS) is 15.9. The molecule has 1 aromatic heterocycles. The van der Waals surface area contributed by atoms with E-state index in [1.165, 1.54) is 23.3 Å². The van der Waals surface area contributed by atoms with Crippen molar-refractivity contribution >= 4 is 22.9 Å². The first-order chi connectivity index (χ1) is 16.9. The summed E-state index contributed by atoms with van der Waals surface area (Å²) in [5, 5.41) is 8.33.